The van der Waals surface area contributed by atoms with Crippen molar-refractivity contribution in [3.05, 3.63) is 29.3 Å². The second kappa shape index (κ2) is 6.40. The standard InChI is InChI=1S/C16H25NO2/c1-4-19-15-7-6-14(10-13(15)2)16(11-18-12-16)8-5-9-17-3/h6-7,10,17H,4-5,8-9,11-12H2,1-3H3. The highest BCUT2D eigenvalue weighted by molar-refractivity contribution is 5.40. The molecule has 1 aromatic carbocycles. The summed E-state index contributed by atoms with van der Waals surface area (Å²) in [6.07, 6.45) is 2.37. The van der Waals surface area contributed by atoms with Gasteiger partial charge in [-0.15, -0.1) is 0 Å². The van der Waals surface area contributed by atoms with Gasteiger partial charge in [0.15, 0.2) is 0 Å². The van der Waals surface area contributed by atoms with Crippen molar-refractivity contribution in [3.63, 3.8) is 0 Å². The van der Waals surface area contributed by atoms with E-state index in [9.17, 15) is 0 Å². The third-order valence-electron chi connectivity index (χ3n) is 3.93. The van der Waals surface area contributed by atoms with Crippen LogP contribution in [0.1, 0.15) is 30.9 Å². The molecule has 3 nitrogen and oxygen atoms in total. The summed E-state index contributed by atoms with van der Waals surface area (Å²) in [7, 11) is 2.00. The van der Waals surface area contributed by atoms with Crippen molar-refractivity contribution in [3.8, 4) is 5.75 Å². The Labute approximate surface area is 116 Å². The molecule has 0 aromatic heterocycles. The molecule has 19 heavy (non-hydrogen) atoms. The van der Waals surface area contributed by atoms with Crippen LogP contribution in [0.15, 0.2) is 18.2 Å². The van der Waals surface area contributed by atoms with Crippen LogP contribution in [-0.2, 0) is 10.2 Å². The minimum Gasteiger partial charge on any atom is -0.494 e. The Morgan fingerprint density at radius 3 is 2.68 bits per heavy atom. The molecule has 1 aromatic rings. The number of ether oxygens (including phenoxy) is 2. The second-order valence-electron chi connectivity index (χ2n) is 5.39. The molecule has 0 amide bonds. The van der Waals surface area contributed by atoms with Crippen LogP contribution in [0.25, 0.3) is 0 Å². The molecule has 0 atom stereocenters. The van der Waals surface area contributed by atoms with Gasteiger partial charge in [0.2, 0.25) is 0 Å². The maximum absolute atomic E-state index is 5.61. The molecule has 1 saturated heterocycles. The molecule has 0 spiro atoms. The second-order valence-corrected chi connectivity index (χ2v) is 5.39. The molecule has 3 heteroatoms. The van der Waals surface area contributed by atoms with Crippen LogP contribution in [0.5, 0.6) is 5.75 Å². The van der Waals surface area contributed by atoms with Crippen LogP contribution in [0.4, 0.5) is 0 Å². The van der Waals surface area contributed by atoms with E-state index in [0.29, 0.717) is 0 Å². The van der Waals surface area contributed by atoms with Gasteiger partial charge in [-0.3, -0.25) is 0 Å². The molecule has 0 bridgehead atoms. The van der Waals surface area contributed by atoms with E-state index >= 15 is 0 Å². The molecule has 2 rings (SSSR count). The summed E-state index contributed by atoms with van der Waals surface area (Å²) in [4.78, 5) is 0. The predicted octanol–water partition coefficient (Wildman–Crippen LogP) is 2.66. The van der Waals surface area contributed by atoms with E-state index in [1.165, 1.54) is 24.0 Å². The number of hydrogen-bond acceptors (Lipinski definition) is 3. The van der Waals surface area contributed by atoms with E-state index in [0.717, 1.165) is 32.1 Å². The van der Waals surface area contributed by atoms with Crippen LogP contribution in [0.3, 0.4) is 0 Å². The number of benzene rings is 1. The highest BCUT2D eigenvalue weighted by atomic mass is 16.5. The zero-order chi connectivity index (χ0) is 13.7. The molecular weight excluding hydrogens is 238 g/mol. The third-order valence-corrected chi connectivity index (χ3v) is 3.93. The van der Waals surface area contributed by atoms with Crippen molar-refractivity contribution >= 4 is 0 Å². The maximum atomic E-state index is 5.61. The Bertz CT molecular complexity index is 413. The highest BCUT2D eigenvalue weighted by Crippen LogP contribution is 2.38. The van der Waals surface area contributed by atoms with Gasteiger partial charge in [-0.05, 0) is 57.5 Å². The van der Waals surface area contributed by atoms with E-state index in [-0.39, 0.29) is 5.41 Å². The highest BCUT2D eigenvalue weighted by Gasteiger charge is 2.39. The zero-order valence-electron chi connectivity index (χ0n) is 12.3. The van der Waals surface area contributed by atoms with Crippen molar-refractivity contribution in [1.82, 2.24) is 5.32 Å². The van der Waals surface area contributed by atoms with Gasteiger partial charge in [0.25, 0.3) is 0 Å². The van der Waals surface area contributed by atoms with Crippen molar-refractivity contribution in [2.24, 2.45) is 0 Å². The molecule has 1 aliphatic rings. The van der Waals surface area contributed by atoms with E-state index in [4.69, 9.17) is 9.47 Å². The summed E-state index contributed by atoms with van der Waals surface area (Å²) >= 11 is 0. The number of hydrogen-bond donors (Lipinski definition) is 1. The van der Waals surface area contributed by atoms with E-state index < -0.39 is 0 Å². The molecule has 0 saturated carbocycles. The summed E-state index contributed by atoms with van der Waals surface area (Å²) in [5.41, 5.74) is 2.85. The third kappa shape index (κ3) is 3.10. The van der Waals surface area contributed by atoms with Crippen LogP contribution in [0, 0.1) is 6.92 Å². The van der Waals surface area contributed by atoms with Gasteiger partial charge in [0, 0.05) is 5.41 Å². The first-order valence-electron chi connectivity index (χ1n) is 7.18. The molecule has 1 aliphatic heterocycles. The van der Waals surface area contributed by atoms with Crippen LogP contribution in [-0.4, -0.2) is 33.4 Å². The summed E-state index contributed by atoms with van der Waals surface area (Å²) in [6, 6.07) is 6.58. The Balaban J connectivity index is 2.12. The lowest BCUT2D eigenvalue weighted by Crippen LogP contribution is -2.47. The molecular formula is C16H25NO2. The number of rotatable bonds is 7. The SMILES string of the molecule is CCOc1ccc(C2(CCCNC)COC2)cc1C. The van der Waals surface area contributed by atoms with Gasteiger partial charge in [0.1, 0.15) is 5.75 Å². The number of nitrogens with one attached hydrogen (secondary N) is 1. The maximum Gasteiger partial charge on any atom is 0.122 e. The van der Waals surface area contributed by atoms with Crippen molar-refractivity contribution in [2.75, 3.05) is 33.4 Å². The van der Waals surface area contributed by atoms with Gasteiger partial charge < -0.3 is 14.8 Å². The normalized spacial score (nSPS) is 17.0. The Kier molecular flexibility index (Phi) is 4.83. The molecule has 0 aliphatic carbocycles. The first-order chi connectivity index (χ1) is 9.22. The molecule has 0 radical (unpaired) electrons. The predicted molar refractivity (Wildman–Crippen MR) is 78.0 cm³/mol. The first-order valence-corrected chi connectivity index (χ1v) is 7.18. The summed E-state index contributed by atoms with van der Waals surface area (Å²) < 4.78 is 11.1. The smallest absolute Gasteiger partial charge is 0.122 e. The van der Waals surface area contributed by atoms with Crippen LogP contribution < -0.4 is 10.1 Å². The first kappa shape index (κ1) is 14.4. The van der Waals surface area contributed by atoms with Crippen molar-refractivity contribution in [1.29, 1.82) is 0 Å². The van der Waals surface area contributed by atoms with E-state index in [1.807, 2.05) is 14.0 Å². The molecule has 1 heterocycles. The monoisotopic (exact) mass is 263 g/mol. The molecule has 1 fully saturated rings. The van der Waals surface area contributed by atoms with Crippen LogP contribution in [0.2, 0.25) is 0 Å². The van der Waals surface area contributed by atoms with Crippen molar-refractivity contribution < 1.29 is 9.47 Å². The largest absolute Gasteiger partial charge is 0.494 e. The molecule has 106 valence electrons. The lowest BCUT2D eigenvalue weighted by molar-refractivity contribution is -0.0651. The minimum absolute atomic E-state index is 0.229. The van der Waals surface area contributed by atoms with Gasteiger partial charge in [0.05, 0.1) is 19.8 Å². The summed E-state index contributed by atoms with van der Waals surface area (Å²) in [6.45, 7) is 7.63. The van der Waals surface area contributed by atoms with Gasteiger partial charge >= 0.3 is 0 Å². The average Bonchev–Trinajstić information content (AvgIpc) is 2.35. The Morgan fingerprint density at radius 2 is 2.16 bits per heavy atom. The molecule has 1 N–H and O–H groups in total. The quantitative estimate of drug-likeness (QED) is 0.767. The van der Waals surface area contributed by atoms with Gasteiger partial charge in [-0.25, -0.2) is 0 Å². The fourth-order valence-corrected chi connectivity index (χ4v) is 2.70. The van der Waals surface area contributed by atoms with E-state index in [1.54, 1.807) is 0 Å². The zero-order valence-corrected chi connectivity index (χ0v) is 12.3. The lowest BCUT2D eigenvalue weighted by atomic mass is 9.74. The topological polar surface area (TPSA) is 30.5 Å². The number of aryl methyl sites for hydroxylation is 1. The van der Waals surface area contributed by atoms with E-state index in [2.05, 4.69) is 30.4 Å². The van der Waals surface area contributed by atoms with Crippen LogP contribution >= 0.6 is 0 Å². The van der Waals surface area contributed by atoms with Gasteiger partial charge in [-0.2, -0.15) is 0 Å². The summed E-state index contributed by atoms with van der Waals surface area (Å²) in [5.74, 6) is 0.997. The molecule has 0 unspecified atom stereocenters. The summed E-state index contributed by atoms with van der Waals surface area (Å²) in [5, 5.41) is 3.22. The Morgan fingerprint density at radius 1 is 1.37 bits per heavy atom. The average molecular weight is 263 g/mol. The fourth-order valence-electron chi connectivity index (χ4n) is 2.70. The Hall–Kier alpha value is -1.06. The fraction of sp³-hybridized carbons (Fsp3) is 0.625. The minimum atomic E-state index is 0.229. The lowest BCUT2D eigenvalue weighted by Gasteiger charge is -2.42. The van der Waals surface area contributed by atoms with Gasteiger partial charge in [-0.1, -0.05) is 12.1 Å². The van der Waals surface area contributed by atoms with Crippen molar-refractivity contribution in [2.45, 2.75) is 32.1 Å².